The minimum atomic E-state index is 0.175. The third-order valence-corrected chi connectivity index (χ3v) is 4.77. The average Bonchev–Trinajstić information content (AvgIpc) is 2.17. The molecule has 1 aliphatic carbocycles. The lowest BCUT2D eigenvalue weighted by molar-refractivity contribution is -0.121. The first-order chi connectivity index (χ1) is 7.62. The Morgan fingerprint density at radius 1 is 1.50 bits per heavy atom. The van der Waals surface area contributed by atoms with Gasteiger partial charge in [0.25, 0.3) is 0 Å². The zero-order valence-corrected chi connectivity index (χ0v) is 11.5. The van der Waals surface area contributed by atoms with Crippen molar-refractivity contribution in [1.82, 2.24) is 10.6 Å². The standard InChI is InChI=1S/C12H24N2OS/c1-4-13-10(2)8-11(15)14-9-12(16-3)6-5-7-12/h10,13H,4-9H2,1-3H3,(H,14,15). The van der Waals surface area contributed by atoms with E-state index in [1.807, 2.05) is 11.8 Å². The van der Waals surface area contributed by atoms with Gasteiger partial charge in [-0.25, -0.2) is 0 Å². The molecule has 0 aliphatic heterocycles. The lowest BCUT2D eigenvalue weighted by atomic mass is 9.84. The topological polar surface area (TPSA) is 41.1 Å². The van der Waals surface area contributed by atoms with Crippen molar-refractivity contribution in [3.63, 3.8) is 0 Å². The van der Waals surface area contributed by atoms with Crippen molar-refractivity contribution in [3.8, 4) is 0 Å². The van der Waals surface area contributed by atoms with Crippen molar-refractivity contribution >= 4 is 17.7 Å². The van der Waals surface area contributed by atoms with Gasteiger partial charge in [-0.15, -0.1) is 0 Å². The monoisotopic (exact) mass is 244 g/mol. The van der Waals surface area contributed by atoms with E-state index in [1.54, 1.807) is 0 Å². The van der Waals surface area contributed by atoms with E-state index in [9.17, 15) is 4.79 Å². The van der Waals surface area contributed by atoms with Crippen LogP contribution in [0, 0.1) is 0 Å². The largest absolute Gasteiger partial charge is 0.355 e. The quantitative estimate of drug-likeness (QED) is 0.717. The molecule has 1 aliphatic rings. The molecule has 1 rings (SSSR count). The highest BCUT2D eigenvalue weighted by atomic mass is 32.2. The van der Waals surface area contributed by atoms with Gasteiger partial charge in [0.15, 0.2) is 0 Å². The molecule has 1 saturated carbocycles. The van der Waals surface area contributed by atoms with Gasteiger partial charge in [0.2, 0.25) is 5.91 Å². The molecule has 94 valence electrons. The first kappa shape index (κ1) is 13.8. The summed E-state index contributed by atoms with van der Waals surface area (Å²) < 4.78 is 0.344. The SMILES string of the molecule is CCNC(C)CC(=O)NCC1(SC)CCC1. The van der Waals surface area contributed by atoms with Gasteiger partial charge < -0.3 is 10.6 Å². The Morgan fingerprint density at radius 2 is 2.19 bits per heavy atom. The van der Waals surface area contributed by atoms with Crippen LogP contribution in [0.25, 0.3) is 0 Å². The molecule has 4 heteroatoms. The van der Waals surface area contributed by atoms with Crippen LogP contribution in [-0.2, 0) is 4.79 Å². The van der Waals surface area contributed by atoms with Gasteiger partial charge in [0, 0.05) is 23.8 Å². The van der Waals surface area contributed by atoms with E-state index in [-0.39, 0.29) is 11.9 Å². The third kappa shape index (κ3) is 3.98. The summed E-state index contributed by atoms with van der Waals surface area (Å²) in [6.07, 6.45) is 6.53. The summed E-state index contributed by atoms with van der Waals surface area (Å²) in [5, 5.41) is 6.32. The molecule has 1 fully saturated rings. The van der Waals surface area contributed by atoms with Crippen LogP contribution >= 0.6 is 11.8 Å². The minimum Gasteiger partial charge on any atom is -0.355 e. The van der Waals surface area contributed by atoms with E-state index in [1.165, 1.54) is 19.3 Å². The number of rotatable bonds is 7. The molecule has 0 spiro atoms. The highest BCUT2D eigenvalue weighted by molar-refractivity contribution is 8.00. The van der Waals surface area contributed by atoms with E-state index in [4.69, 9.17) is 0 Å². The Hall–Kier alpha value is -0.220. The highest BCUT2D eigenvalue weighted by Crippen LogP contribution is 2.42. The molecule has 0 aromatic carbocycles. The molecule has 2 N–H and O–H groups in total. The van der Waals surface area contributed by atoms with E-state index < -0.39 is 0 Å². The molecular weight excluding hydrogens is 220 g/mol. The maximum Gasteiger partial charge on any atom is 0.221 e. The Kier molecular flexibility index (Phi) is 5.62. The number of hydrogen-bond donors (Lipinski definition) is 2. The molecule has 0 heterocycles. The Balaban J connectivity index is 2.19. The summed E-state index contributed by atoms with van der Waals surface area (Å²) in [4.78, 5) is 11.7. The molecule has 0 aromatic heterocycles. The Labute approximate surface area is 103 Å². The Morgan fingerprint density at radius 3 is 2.62 bits per heavy atom. The van der Waals surface area contributed by atoms with E-state index in [0.29, 0.717) is 11.2 Å². The second-order valence-corrected chi connectivity index (χ2v) is 5.95. The predicted octanol–water partition coefficient (Wildman–Crippen LogP) is 1.78. The maximum absolute atomic E-state index is 11.7. The summed E-state index contributed by atoms with van der Waals surface area (Å²) in [5.41, 5.74) is 0. The van der Waals surface area contributed by atoms with E-state index in [0.717, 1.165) is 13.1 Å². The molecular formula is C12H24N2OS. The minimum absolute atomic E-state index is 0.175. The molecule has 1 amide bonds. The summed E-state index contributed by atoms with van der Waals surface area (Å²) >= 11 is 1.90. The second-order valence-electron chi connectivity index (χ2n) is 4.68. The molecule has 0 saturated heterocycles. The first-order valence-corrected chi connectivity index (χ1v) is 7.39. The number of thioether (sulfide) groups is 1. The molecule has 3 nitrogen and oxygen atoms in total. The zero-order valence-electron chi connectivity index (χ0n) is 10.6. The number of amides is 1. The van der Waals surface area contributed by atoms with Crippen molar-refractivity contribution in [3.05, 3.63) is 0 Å². The van der Waals surface area contributed by atoms with Crippen LogP contribution < -0.4 is 10.6 Å². The van der Waals surface area contributed by atoms with Crippen molar-refractivity contribution in [2.45, 2.75) is 50.3 Å². The van der Waals surface area contributed by atoms with E-state index in [2.05, 4.69) is 30.7 Å². The van der Waals surface area contributed by atoms with Gasteiger partial charge in [-0.2, -0.15) is 11.8 Å². The normalized spacial score (nSPS) is 19.9. The highest BCUT2D eigenvalue weighted by Gasteiger charge is 2.36. The summed E-state index contributed by atoms with van der Waals surface area (Å²) in [5.74, 6) is 0.175. The van der Waals surface area contributed by atoms with Gasteiger partial charge in [-0.3, -0.25) is 4.79 Å². The summed E-state index contributed by atoms with van der Waals surface area (Å²) in [7, 11) is 0. The molecule has 1 unspecified atom stereocenters. The van der Waals surface area contributed by atoms with Gasteiger partial charge in [-0.05, 0) is 32.6 Å². The van der Waals surface area contributed by atoms with Gasteiger partial charge in [0.05, 0.1) is 0 Å². The fraction of sp³-hybridized carbons (Fsp3) is 0.917. The van der Waals surface area contributed by atoms with Crippen molar-refractivity contribution in [2.75, 3.05) is 19.3 Å². The third-order valence-electron chi connectivity index (χ3n) is 3.35. The zero-order chi connectivity index (χ0) is 12.0. The van der Waals surface area contributed by atoms with Crippen LogP contribution in [0.1, 0.15) is 39.5 Å². The van der Waals surface area contributed by atoms with Crippen molar-refractivity contribution < 1.29 is 4.79 Å². The van der Waals surface area contributed by atoms with Gasteiger partial charge in [-0.1, -0.05) is 13.3 Å². The van der Waals surface area contributed by atoms with Crippen LogP contribution in [0.4, 0.5) is 0 Å². The fourth-order valence-corrected chi connectivity index (χ4v) is 2.97. The van der Waals surface area contributed by atoms with Gasteiger partial charge >= 0.3 is 0 Å². The molecule has 16 heavy (non-hydrogen) atoms. The lowest BCUT2D eigenvalue weighted by Gasteiger charge is -2.40. The lowest BCUT2D eigenvalue weighted by Crippen LogP contribution is -2.46. The molecule has 0 bridgehead atoms. The average molecular weight is 244 g/mol. The second kappa shape index (κ2) is 6.50. The fourth-order valence-electron chi connectivity index (χ4n) is 2.05. The molecule has 0 aromatic rings. The van der Waals surface area contributed by atoms with Crippen LogP contribution in [-0.4, -0.2) is 36.0 Å². The molecule has 0 radical (unpaired) electrons. The van der Waals surface area contributed by atoms with Crippen LogP contribution in [0.2, 0.25) is 0 Å². The van der Waals surface area contributed by atoms with Crippen molar-refractivity contribution in [1.29, 1.82) is 0 Å². The first-order valence-electron chi connectivity index (χ1n) is 6.17. The molecule has 1 atom stereocenters. The summed E-state index contributed by atoms with van der Waals surface area (Å²) in [6, 6.07) is 0.275. The van der Waals surface area contributed by atoms with Crippen LogP contribution in [0.15, 0.2) is 0 Å². The smallest absolute Gasteiger partial charge is 0.221 e. The summed E-state index contributed by atoms with van der Waals surface area (Å²) in [6.45, 7) is 5.87. The number of hydrogen-bond acceptors (Lipinski definition) is 3. The van der Waals surface area contributed by atoms with Gasteiger partial charge in [0.1, 0.15) is 0 Å². The van der Waals surface area contributed by atoms with Crippen LogP contribution in [0.3, 0.4) is 0 Å². The predicted molar refractivity (Wildman–Crippen MR) is 70.9 cm³/mol. The number of carbonyl (C=O) groups excluding carboxylic acids is 1. The van der Waals surface area contributed by atoms with E-state index >= 15 is 0 Å². The Bertz CT molecular complexity index is 224. The van der Waals surface area contributed by atoms with Crippen LogP contribution in [0.5, 0.6) is 0 Å². The maximum atomic E-state index is 11.7. The van der Waals surface area contributed by atoms with Crippen molar-refractivity contribution in [2.24, 2.45) is 0 Å². The number of carbonyl (C=O) groups is 1. The number of nitrogens with one attached hydrogen (secondary N) is 2.